The molecule has 1 aromatic heterocycles. The molecule has 0 amide bonds. The van der Waals surface area contributed by atoms with E-state index in [-0.39, 0.29) is 0 Å². The Bertz CT molecular complexity index is 471. The summed E-state index contributed by atoms with van der Waals surface area (Å²) in [5.41, 5.74) is -0.637. The number of rotatable bonds is 6. The molecule has 0 aromatic carbocycles. The first-order chi connectivity index (χ1) is 9.50. The summed E-state index contributed by atoms with van der Waals surface area (Å²) in [5.74, 6) is 1.28. The lowest BCUT2D eigenvalue weighted by Crippen LogP contribution is -2.23. The van der Waals surface area contributed by atoms with E-state index in [1.54, 1.807) is 25.6 Å². The Morgan fingerprint density at radius 1 is 1.35 bits per heavy atom. The molecule has 5 nitrogen and oxygen atoms in total. The highest BCUT2D eigenvalue weighted by molar-refractivity contribution is 7.99. The minimum absolute atomic E-state index is 0.637. The minimum atomic E-state index is -0.723. The topological polar surface area (TPSA) is 68.0 Å². The van der Waals surface area contributed by atoms with Gasteiger partial charge in [0.15, 0.2) is 5.16 Å². The Labute approximate surface area is 124 Å². The van der Waals surface area contributed by atoms with Gasteiger partial charge in [-0.25, -0.2) is 0 Å². The van der Waals surface area contributed by atoms with Crippen LogP contribution in [0.15, 0.2) is 5.16 Å². The van der Waals surface area contributed by atoms with E-state index in [4.69, 9.17) is 5.11 Å². The van der Waals surface area contributed by atoms with Gasteiger partial charge in [0.1, 0.15) is 5.82 Å². The summed E-state index contributed by atoms with van der Waals surface area (Å²) in [4.78, 5) is 11.0. The molecule has 1 aliphatic heterocycles. The molecular formula is C14H23N3O2S. The molecule has 20 heavy (non-hydrogen) atoms. The summed E-state index contributed by atoms with van der Waals surface area (Å²) in [5, 5.41) is 18.6. The second-order valence-electron chi connectivity index (χ2n) is 6.00. The van der Waals surface area contributed by atoms with Crippen molar-refractivity contribution < 1.29 is 9.90 Å². The van der Waals surface area contributed by atoms with Crippen molar-refractivity contribution in [2.45, 2.75) is 64.1 Å². The lowest BCUT2D eigenvalue weighted by Gasteiger charge is -2.18. The van der Waals surface area contributed by atoms with Crippen LogP contribution in [0.3, 0.4) is 0 Å². The van der Waals surface area contributed by atoms with E-state index in [1.807, 2.05) is 0 Å². The van der Waals surface area contributed by atoms with E-state index < -0.39 is 11.4 Å². The molecule has 0 bridgehead atoms. The zero-order chi connectivity index (χ0) is 14.6. The smallest absolute Gasteiger partial charge is 0.309 e. The summed E-state index contributed by atoms with van der Waals surface area (Å²) in [6.45, 7) is 4.58. The molecule has 0 atom stereocenters. The largest absolute Gasteiger partial charge is 0.481 e. The van der Waals surface area contributed by atoms with Crippen LogP contribution in [0.2, 0.25) is 0 Å². The summed E-state index contributed by atoms with van der Waals surface area (Å²) >= 11 is 1.70. The first-order valence-corrected chi connectivity index (χ1v) is 8.27. The highest BCUT2D eigenvalue weighted by Gasteiger charge is 2.26. The van der Waals surface area contributed by atoms with E-state index in [9.17, 15) is 4.79 Å². The maximum absolute atomic E-state index is 11.0. The van der Waals surface area contributed by atoms with E-state index in [0.29, 0.717) is 6.42 Å². The number of carboxylic acid groups (broad SMARTS) is 1. The van der Waals surface area contributed by atoms with Crippen molar-refractivity contribution in [3.63, 3.8) is 0 Å². The molecule has 1 aromatic rings. The van der Waals surface area contributed by atoms with Crippen molar-refractivity contribution in [3.8, 4) is 0 Å². The Hall–Kier alpha value is -1.04. The van der Waals surface area contributed by atoms with Gasteiger partial charge in [0.05, 0.1) is 5.41 Å². The lowest BCUT2D eigenvalue weighted by atomic mass is 9.88. The standard InChI is InChI=1S/C14H23N3O2S/c1-14(2,12(18)19)8-6-10-20-13-16-15-11-7-4-3-5-9-17(11)13/h3-10H2,1-2H3,(H,18,19). The highest BCUT2D eigenvalue weighted by atomic mass is 32.2. The van der Waals surface area contributed by atoms with E-state index in [2.05, 4.69) is 14.8 Å². The van der Waals surface area contributed by atoms with Crippen LogP contribution < -0.4 is 0 Å². The van der Waals surface area contributed by atoms with Crippen molar-refractivity contribution in [2.24, 2.45) is 5.41 Å². The summed E-state index contributed by atoms with van der Waals surface area (Å²) in [6, 6.07) is 0. The minimum Gasteiger partial charge on any atom is -0.481 e. The van der Waals surface area contributed by atoms with Gasteiger partial charge in [0.25, 0.3) is 0 Å². The zero-order valence-corrected chi connectivity index (χ0v) is 13.1. The molecule has 0 saturated heterocycles. The Balaban J connectivity index is 1.83. The van der Waals surface area contributed by atoms with Crippen LogP contribution >= 0.6 is 11.8 Å². The Morgan fingerprint density at radius 3 is 2.90 bits per heavy atom. The molecule has 0 unspecified atom stereocenters. The monoisotopic (exact) mass is 297 g/mol. The third-order valence-electron chi connectivity index (χ3n) is 3.83. The molecule has 2 heterocycles. The fourth-order valence-electron chi connectivity index (χ4n) is 2.35. The molecule has 6 heteroatoms. The van der Waals surface area contributed by atoms with Gasteiger partial charge in [-0.05, 0) is 39.5 Å². The van der Waals surface area contributed by atoms with Gasteiger partial charge >= 0.3 is 5.97 Å². The van der Waals surface area contributed by atoms with Crippen LogP contribution in [-0.4, -0.2) is 31.6 Å². The molecule has 2 rings (SSSR count). The van der Waals surface area contributed by atoms with Gasteiger partial charge in [-0.3, -0.25) is 4.79 Å². The fourth-order valence-corrected chi connectivity index (χ4v) is 3.27. The van der Waals surface area contributed by atoms with Crippen molar-refractivity contribution in [1.82, 2.24) is 14.8 Å². The quantitative estimate of drug-likeness (QED) is 0.646. The molecule has 0 saturated carbocycles. The number of thioether (sulfide) groups is 1. The van der Waals surface area contributed by atoms with Crippen molar-refractivity contribution in [3.05, 3.63) is 5.82 Å². The second-order valence-corrected chi connectivity index (χ2v) is 7.06. The molecule has 112 valence electrons. The normalized spacial score (nSPS) is 15.7. The van der Waals surface area contributed by atoms with Crippen LogP contribution in [-0.2, 0) is 17.8 Å². The third-order valence-corrected chi connectivity index (χ3v) is 4.88. The summed E-state index contributed by atoms with van der Waals surface area (Å²) < 4.78 is 2.24. The number of aliphatic carboxylic acids is 1. The number of fused-ring (bicyclic) bond motifs is 1. The van der Waals surface area contributed by atoms with Gasteiger partial charge < -0.3 is 9.67 Å². The Kier molecular flexibility index (Phi) is 5.07. The van der Waals surface area contributed by atoms with Crippen LogP contribution in [0.25, 0.3) is 0 Å². The molecule has 1 aliphatic rings. The van der Waals surface area contributed by atoms with Crippen molar-refractivity contribution in [1.29, 1.82) is 0 Å². The molecular weight excluding hydrogens is 274 g/mol. The van der Waals surface area contributed by atoms with E-state index in [1.165, 1.54) is 19.3 Å². The highest BCUT2D eigenvalue weighted by Crippen LogP contribution is 2.26. The number of nitrogens with zero attached hydrogens (tertiary/aromatic N) is 3. The first-order valence-electron chi connectivity index (χ1n) is 7.29. The van der Waals surface area contributed by atoms with Crippen LogP contribution in [0.4, 0.5) is 0 Å². The second kappa shape index (κ2) is 6.61. The van der Waals surface area contributed by atoms with Crippen LogP contribution in [0.5, 0.6) is 0 Å². The molecule has 0 radical (unpaired) electrons. The number of hydrogen-bond acceptors (Lipinski definition) is 4. The van der Waals surface area contributed by atoms with Crippen molar-refractivity contribution >= 4 is 17.7 Å². The maximum Gasteiger partial charge on any atom is 0.309 e. The fraction of sp³-hybridized carbons (Fsp3) is 0.786. The average Bonchev–Trinajstić information content (AvgIpc) is 2.62. The molecule has 1 N–H and O–H groups in total. The molecule has 0 spiro atoms. The van der Waals surface area contributed by atoms with Gasteiger partial charge in [-0.15, -0.1) is 10.2 Å². The van der Waals surface area contributed by atoms with Crippen molar-refractivity contribution in [2.75, 3.05) is 5.75 Å². The predicted octanol–water partition coefficient (Wildman–Crippen LogP) is 2.99. The van der Waals surface area contributed by atoms with Gasteiger partial charge in [-0.2, -0.15) is 0 Å². The summed E-state index contributed by atoms with van der Waals surface area (Å²) in [7, 11) is 0. The Morgan fingerprint density at radius 2 is 2.15 bits per heavy atom. The van der Waals surface area contributed by atoms with Crippen LogP contribution in [0, 0.1) is 5.41 Å². The SMILES string of the molecule is CC(C)(CCCSc1nnc2n1CCCCC2)C(=O)O. The van der Waals surface area contributed by atoms with Gasteiger partial charge in [0.2, 0.25) is 0 Å². The van der Waals surface area contributed by atoms with E-state index in [0.717, 1.165) is 36.1 Å². The number of carboxylic acids is 1. The van der Waals surface area contributed by atoms with Crippen LogP contribution in [0.1, 0.15) is 51.8 Å². The number of aryl methyl sites for hydroxylation is 1. The maximum atomic E-state index is 11.0. The predicted molar refractivity (Wildman–Crippen MR) is 79.0 cm³/mol. The number of hydrogen-bond donors (Lipinski definition) is 1. The lowest BCUT2D eigenvalue weighted by molar-refractivity contribution is -0.147. The average molecular weight is 297 g/mol. The molecule has 0 fully saturated rings. The molecule has 0 aliphatic carbocycles. The number of carbonyl (C=O) groups is 1. The summed E-state index contributed by atoms with van der Waals surface area (Å²) in [6.07, 6.45) is 6.27. The van der Waals surface area contributed by atoms with Gasteiger partial charge in [-0.1, -0.05) is 18.2 Å². The zero-order valence-electron chi connectivity index (χ0n) is 12.3. The first kappa shape index (κ1) is 15.4. The van der Waals surface area contributed by atoms with Gasteiger partial charge in [0, 0.05) is 18.7 Å². The number of aromatic nitrogens is 3. The third kappa shape index (κ3) is 3.75. The van der Waals surface area contributed by atoms with E-state index >= 15 is 0 Å².